The second-order valence-corrected chi connectivity index (χ2v) is 8.61. The van der Waals surface area contributed by atoms with Crippen molar-refractivity contribution < 1.29 is 9.34 Å². The van der Waals surface area contributed by atoms with E-state index in [1.807, 2.05) is 30.3 Å². The van der Waals surface area contributed by atoms with Crippen LogP contribution < -0.4 is 10.9 Å². The van der Waals surface area contributed by atoms with Crippen molar-refractivity contribution in [2.24, 2.45) is 0 Å². The van der Waals surface area contributed by atoms with Crippen molar-refractivity contribution >= 4 is 50.0 Å². The Morgan fingerprint density at radius 1 is 1.17 bits per heavy atom. The Labute approximate surface area is 202 Å². The standard InChI is InChI=1S/C26H16N4O4S/c1-15-10-18(30(32)33)7-8-22(15)28-13-17(12-27)25-29-23(14-35-25)21-11-20-19-5-3-2-4-16(19)6-9-24(20)34-26(21)31/h2-11,13-14,28H,1H3. The van der Waals surface area contributed by atoms with Gasteiger partial charge < -0.3 is 9.73 Å². The molecule has 3 aromatic carbocycles. The van der Waals surface area contributed by atoms with E-state index in [-0.39, 0.29) is 11.3 Å². The van der Waals surface area contributed by atoms with Crippen LogP contribution in [0.15, 0.2) is 81.5 Å². The van der Waals surface area contributed by atoms with E-state index in [4.69, 9.17) is 4.42 Å². The molecule has 0 aliphatic carbocycles. The topological polar surface area (TPSA) is 122 Å². The van der Waals surface area contributed by atoms with E-state index in [2.05, 4.69) is 16.4 Å². The highest BCUT2D eigenvalue weighted by atomic mass is 32.1. The van der Waals surface area contributed by atoms with Gasteiger partial charge in [-0.3, -0.25) is 10.1 Å². The van der Waals surface area contributed by atoms with Gasteiger partial charge in [0, 0.05) is 34.8 Å². The molecule has 2 aromatic heterocycles. The molecule has 5 aromatic rings. The third kappa shape index (κ3) is 4.14. The van der Waals surface area contributed by atoms with Gasteiger partial charge in [0.15, 0.2) is 0 Å². The van der Waals surface area contributed by atoms with Crippen LogP contribution in [0, 0.1) is 28.4 Å². The normalized spacial score (nSPS) is 11.5. The average molecular weight is 481 g/mol. The summed E-state index contributed by atoms with van der Waals surface area (Å²) < 4.78 is 5.57. The first-order valence-electron chi connectivity index (χ1n) is 10.5. The van der Waals surface area contributed by atoms with Crippen molar-refractivity contribution in [1.82, 2.24) is 4.98 Å². The van der Waals surface area contributed by atoms with Gasteiger partial charge in [-0.15, -0.1) is 11.3 Å². The van der Waals surface area contributed by atoms with Crippen LogP contribution in [0.5, 0.6) is 0 Å². The molecule has 0 spiro atoms. The van der Waals surface area contributed by atoms with Crippen LogP contribution in [0.25, 0.3) is 38.6 Å². The smallest absolute Gasteiger partial charge is 0.345 e. The van der Waals surface area contributed by atoms with Gasteiger partial charge in [0.2, 0.25) is 0 Å². The molecule has 35 heavy (non-hydrogen) atoms. The summed E-state index contributed by atoms with van der Waals surface area (Å²) in [6, 6.07) is 19.8. The minimum atomic E-state index is -0.508. The van der Waals surface area contributed by atoms with Gasteiger partial charge >= 0.3 is 5.63 Å². The Morgan fingerprint density at radius 3 is 2.77 bits per heavy atom. The second kappa shape index (κ2) is 8.85. The Bertz CT molecular complexity index is 1760. The molecule has 0 bridgehead atoms. The average Bonchev–Trinajstić information content (AvgIpc) is 3.34. The number of rotatable bonds is 5. The van der Waals surface area contributed by atoms with E-state index in [0.29, 0.717) is 33.1 Å². The van der Waals surface area contributed by atoms with Crippen molar-refractivity contribution in [1.29, 1.82) is 5.26 Å². The summed E-state index contributed by atoms with van der Waals surface area (Å²) in [6.45, 7) is 1.74. The molecule has 2 heterocycles. The number of allylic oxidation sites excluding steroid dienone is 1. The summed E-state index contributed by atoms with van der Waals surface area (Å²) in [5, 5.41) is 28.6. The molecule has 0 radical (unpaired) electrons. The Balaban J connectivity index is 1.50. The van der Waals surface area contributed by atoms with Gasteiger partial charge in [-0.05, 0) is 41.5 Å². The quantitative estimate of drug-likeness (QED) is 0.103. The molecule has 0 saturated carbocycles. The van der Waals surface area contributed by atoms with Crippen LogP contribution >= 0.6 is 11.3 Å². The van der Waals surface area contributed by atoms with Crippen LogP contribution in [0.1, 0.15) is 10.6 Å². The van der Waals surface area contributed by atoms with Gasteiger partial charge in [-0.25, -0.2) is 9.78 Å². The maximum Gasteiger partial charge on any atom is 0.345 e. The molecule has 0 aliphatic rings. The molecule has 0 fully saturated rings. The fraction of sp³-hybridized carbons (Fsp3) is 0.0385. The number of nitro groups is 1. The number of aryl methyl sites for hydroxylation is 1. The number of nitrogens with zero attached hydrogens (tertiary/aromatic N) is 3. The van der Waals surface area contributed by atoms with Crippen LogP contribution in [-0.4, -0.2) is 9.91 Å². The van der Waals surface area contributed by atoms with E-state index in [1.165, 1.54) is 29.7 Å². The number of nitro benzene ring substituents is 1. The van der Waals surface area contributed by atoms with E-state index in [1.54, 1.807) is 30.5 Å². The lowest BCUT2D eigenvalue weighted by Gasteiger charge is -2.05. The number of nitrogens with one attached hydrogen (secondary N) is 1. The highest BCUT2D eigenvalue weighted by Crippen LogP contribution is 2.30. The van der Waals surface area contributed by atoms with Crippen molar-refractivity contribution in [3.63, 3.8) is 0 Å². The molecule has 5 rings (SSSR count). The monoisotopic (exact) mass is 480 g/mol. The first kappa shape index (κ1) is 22.0. The van der Waals surface area contributed by atoms with Crippen LogP contribution in [0.2, 0.25) is 0 Å². The zero-order valence-corrected chi connectivity index (χ0v) is 19.1. The zero-order valence-electron chi connectivity index (χ0n) is 18.3. The van der Waals surface area contributed by atoms with Gasteiger partial charge in [0.05, 0.1) is 16.2 Å². The molecule has 170 valence electrons. The number of thiazole rings is 1. The third-order valence-corrected chi connectivity index (χ3v) is 6.44. The summed E-state index contributed by atoms with van der Waals surface area (Å²) >= 11 is 1.23. The number of aromatic nitrogens is 1. The van der Waals surface area contributed by atoms with Crippen LogP contribution in [0.3, 0.4) is 0 Å². The summed E-state index contributed by atoms with van der Waals surface area (Å²) in [5.74, 6) is 0. The number of benzene rings is 3. The predicted molar refractivity (Wildman–Crippen MR) is 136 cm³/mol. The number of fused-ring (bicyclic) bond motifs is 3. The van der Waals surface area contributed by atoms with E-state index >= 15 is 0 Å². The fourth-order valence-corrected chi connectivity index (χ4v) is 4.57. The maximum atomic E-state index is 12.7. The lowest BCUT2D eigenvalue weighted by atomic mass is 10.0. The second-order valence-electron chi connectivity index (χ2n) is 7.75. The number of anilines is 1. The molecule has 0 saturated heterocycles. The first-order chi connectivity index (χ1) is 16.9. The summed E-state index contributed by atoms with van der Waals surface area (Å²) in [6.07, 6.45) is 1.49. The highest BCUT2D eigenvalue weighted by molar-refractivity contribution is 7.11. The number of nitriles is 1. The van der Waals surface area contributed by atoms with E-state index in [9.17, 15) is 20.2 Å². The Hall–Kier alpha value is -4.81. The van der Waals surface area contributed by atoms with Crippen LogP contribution in [0.4, 0.5) is 11.4 Å². The molecule has 0 aliphatic heterocycles. The molecule has 1 N–H and O–H groups in total. The first-order valence-corrected chi connectivity index (χ1v) is 11.4. The lowest BCUT2D eigenvalue weighted by molar-refractivity contribution is -0.384. The highest BCUT2D eigenvalue weighted by Gasteiger charge is 2.15. The van der Waals surface area contributed by atoms with Gasteiger partial charge in [-0.1, -0.05) is 30.3 Å². The minimum absolute atomic E-state index is 0.0101. The van der Waals surface area contributed by atoms with Gasteiger partial charge in [-0.2, -0.15) is 5.26 Å². The maximum absolute atomic E-state index is 12.7. The Kier molecular flexibility index (Phi) is 5.57. The van der Waals surface area contributed by atoms with Crippen molar-refractivity contribution in [2.75, 3.05) is 5.32 Å². The van der Waals surface area contributed by atoms with Gasteiger partial charge in [0.25, 0.3) is 5.69 Å². The number of hydrogen-bond acceptors (Lipinski definition) is 8. The molecular weight excluding hydrogens is 464 g/mol. The largest absolute Gasteiger partial charge is 0.422 e. The zero-order chi connectivity index (χ0) is 24.5. The lowest BCUT2D eigenvalue weighted by Crippen LogP contribution is -2.03. The van der Waals surface area contributed by atoms with Crippen molar-refractivity contribution in [2.45, 2.75) is 6.92 Å². The predicted octanol–water partition coefficient (Wildman–Crippen LogP) is 6.26. The summed E-state index contributed by atoms with van der Waals surface area (Å²) in [4.78, 5) is 27.7. The van der Waals surface area contributed by atoms with Crippen LogP contribution in [-0.2, 0) is 0 Å². The van der Waals surface area contributed by atoms with Gasteiger partial charge in [0.1, 0.15) is 22.2 Å². The van der Waals surface area contributed by atoms with E-state index in [0.717, 1.165) is 16.2 Å². The minimum Gasteiger partial charge on any atom is -0.422 e. The fourth-order valence-electron chi connectivity index (χ4n) is 3.79. The summed E-state index contributed by atoms with van der Waals surface area (Å²) in [5.41, 5.74) is 2.25. The van der Waals surface area contributed by atoms with Crippen molar-refractivity contribution in [3.8, 4) is 17.3 Å². The number of hydrogen-bond donors (Lipinski definition) is 1. The van der Waals surface area contributed by atoms with E-state index < -0.39 is 10.5 Å². The SMILES string of the molecule is Cc1cc([N+](=O)[O-])ccc1NC=C(C#N)c1nc(-c2cc3c(ccc4ccccc43)oc2=O)cs1. The number of non-ortho nitro benzene ring substituents is 1. The molecular formula is C26H16N4O4S. The molecule has 8 nitrogen and oxygen atoms in total. The van der Waals surface area contributed by atoms with Crippen molar-refractivity contribution in [3.05, 3.63) is 103 Å². The third-order valence-electron chi connectivity index (χ3n) is 5.57. The molecule has 0 atom stereocenters. The Morgan fingerprint density at radius 2 is 2.00 bits per heavy atom. The molecule has 0 unspecified atom stereocenters. The molecule has 0 amide bonds. The summed E-state index contributed by atoms with van der Waals surface area (Å²) in [7, 11) is 0. The molecule has 9 heteroatoms.